The molecule has 3 heteroatoms. The van der Waals surface area contributed by atoms with E-state index in [1.165, 1.54) is 34.7 Å². The molecule has 1 saturated heterocycles. The normalized spacial score (nSPS) is 16.1. The standard InChI is InChI=1S/C21H23ClN2/c1-2-14-3-6-20-19(11-14)18(12-15-7-9-23-10-8-15)17-5-4-16(22)13-21(17)24-20/h3-6,11,13,15,23H,2,7-10,12H2,1H3. The summed E-state index contributed by atoms with van der Waals surface area (Å²) in [7, 11) is 0. The monoisotopic (exact) mass is 338 g/mol. The van der Waals surface area contributed by atoms with Crippen LogP contribution in [0.4, 0.5) is 0 Å². The summed E-state index contributed by atoms with van der Waals surface area (Å²) in [6.45, 7) is 4.48. The van der Waals surface area contributed by atoms with E-state index in [1.807, 2.05) is 12.1 Å². The first-order chi connectivity index (χ1) is 11.7. The van der Waals surface area contributed by atoms with Crippen LogP contribution in [0.1, 0.15) is 30.9 Å². The van der Waals surface area contributed by atoms with Crippen molar-refractivity contribution in [2.75, 3.05) is 13.1 Å². The topological polar surface area (TPSA) is 24.9 Å². The van der Waals surface area contributed by atoms with Crippen molar-refractivity contribution in [1.29, 1.82) is 0 Å². The van der Waals surface area contributed by atoms with Crippen LogP contribution in [-0.2, 0) is 12.8 Å². The second kappa shape index (κ2) is 6.70. The Balaban J connectivity index is 1.92. The van der Waals surface area contributed by atoms with Gasteiger partial charge in [0, 0.05) is 15.8 Å². The molecule has 1 fully saturated rings. The van der Waals surface area contributed by atoms with Gasteiger partial charge < -0.3 is 5.32 Å². The molecule has 1 aliphatic heterocycles. The summed E-state index contributed by atoms with van der Waals surface area (Å²) in [6, 6.07) is 12.8. The molecule has 0 spiro atoms. The number of rotatable bonds is 3. The fraction of sp³-hybridized carbons (Fsp3) is 0.381. The van der Waals surface area contributed by atoms with Crippen molar-refractivity contribution in [2.24, 2.45) is 5.92 Å². The number of halogens is 1. The molecule has 0 bridgehead atoms. The van der Waals surface area contributed by atoms with Gasteiger partial charge in [-0.15, -0.1) is 0 Å². The lowest BCUT2D eigenvalue weighted by Crippen LogP contribution is -2.28. The molecule has 0 atom stereocenters. The second-order valence-electron chi connectivity index (χ2n) is 6.85. The number of aryl methyl sites for hydroxylation is 1. The molecule has 0 saturated carbocycles. The Morgan fingerprint density at radius 1 is 1.04 bits per heavy atom. The molecule has 2 aromatic carbocycles. The quantitative estimate of drug-likeness (QED) is 0.668. The van der Waals surface area contributed by atoms with Crippen LogP contribution in [0.15, 0.2) is 36.4 Å². The van der Waals surface area contributed by atoms with Gasteiger partial charge in [0.05, 0.1) is 11.0 Å². The van der Waals surface area contributed by atoms with Gasteiger partial charge >= 0.3 is 0 Å². The molecule has 0 aliphatic carbocycles. The largest absolute Gasteiger partial charge is 0.317 e. The van der Waals surface area contributed by atoms with Gasteiger partial charge in [-0.3, -0.25) is 0 Å². The maximum absolute atomic E-state index is 6.21. The lowest BCUT2D eigenvalue weighted by Gasteiger charge is -2.24. The van der Waals surface area contributed by atoms with Gasteiger partial charge in [-0.25, -0.2) is 4.98 Å². The van der Waals surface area contributed by atoms with E-state index in [1.54, 1.807) is 0 Å². The Morgan fingerprint density at radius 2 is 1.88 bits per heavy atom. The SMILES string of the molecule is CCc1ccc2nc3cc(Cl)ccc3c(CC3CCNCC3)c2c1. The molecule has 1 aromatic heterocycles. The summed E-state index contributed by atoms with van der Waals surface area (Å²) in [5.41, 5.74) is 4.94. The third-order valence-electron chi connectivity index (χ3n) is 5.27. The van der Waals surface area contributed by atoms with Gasteiger partial charge in [0.1, 0.15) is 0 Å². The Hall–Kier alpha value is -1.64. The van der Waals surface area contributed by atoms with Crippen LogP contribution in [0.25, 0.3) is 21.8 Å². The molecule has 4 rings (SSSR count). The number of nitrogens with one attached hydrogen (secondary N) is 1. The maximum Gasteiger partial charge on any atom is 0.0727 e. The third kappa shape index (κ3) is 3.01. The van der Waals surface area contributed by atoms with Crippen LogP contribution in [0.5, 0.6) is 0 Å². The molecular weight excluding hydrogens is 316 g/mol. The summed E-state index contributed by atoms with van der Waals surface area (Å²) < 4.78 is 0. The van der Waals surface area contributed by atoms with Gasteiger partial charge in [-0.05, 0) is 80.1 Å². The van der Waals surface area contributed by atoms with Crippen molar-refractivity contribution in [3.05, 3.63) is 52.5 Å². The predicted octanol–water partition coefficient (Wildman–Crippen LogP) is 5.15. The predicted molar refractivity (Wildman–Crippen MR) is 103 cm³/mol. The van der Waals surface area contributed by atoms with Crippen molar-refractivity contribution in [2.45, 2.75) is 32.6 Å². The number of benzene rings is 2. The van der Waals surface area contributed by atoms with Crippen LogP contribution in [0.3, 0.4) is 0 Å². The lowest BCUT2D eigenvalue weighted by molar-refractivity contribution is 0.374. The first kappa shape index (κ1) is 15.9. The smallest absolute Gasteiger partial charge is 0.0727 e. The number of nitrogens with zero attached hydrogens (tertiary/aromatic N) is 1. The van der Waals surface area contributed by atoms with Crippen LogP contribution < -0.4 is 5.32 Å². The molecule has 1 N–H and O–H groups in total. The minimum Gasteiger partial charge on any atom is -0.317 e. The zero-order valence-corrected chi connectivity index (χ0v) is 14.9. The van der Waals surface area contributed by atoms with Gasteiger partial charge in [0.15, 0.2) is 0 Å². The average molecular weight is 339 g/mol. The third-order valence-corrected chi connectivity index (χ3v) is 5.51. The van der Waals surface area contributed by atoms with E-state index in [0.717, 1.165) is 47.9 Å². The first-order valence-corrected chi connectivity index (χ1v) is 9.34. The molecule has 0 amide bonds. The van der Waals surface area contributed by atoms with Crippen LogP contribution in [-0.4, -0.2) is 18.1 Å². The number of aromatic nitrogens is 1. The fourth-order valence-electron chi connectivity index (χ4n) is 3.86. The Bertz CT molecular complexity index is 882. The highest BCUT2D eigenvalue weighted by Crippen LogP contribution is 2.32. The van der Waals surface area contributed by atoms with Gasteiger partial charge in [-0.1, -0.05) is 30.7 Å². The van der Waals surface area contributed by atoms with Crippen LogP contribution in [0.2, 0.25) is 5.02 Å². The molecule has 2 nitrogen and oxygen atoms in total. The van der Waals surface area contributed by atoms with E-state index >= 15 is 0 Å². The lowest BCUT2D eigenvalue weighted by atomic mass is 9.87. The highest BCUT2D eigenvalue weighted by Gasteiger charge is 2.18. The highest BCUT2D eigenvalue weighted by molar-refractivity contribution is 6.31. The minimum absolute atomic E-state index is 0.751. The number of pyridine rings is 1. The van der Waals surface area contributed by atoms with Crippen molar-refractivity contribution in [3.8, 4) is 0 Å². The average Bonchev–Trinajstić information content (AvgIpc) is 2.62. The Morgan fingerprint density at radius 3 is 2.67 bits per heavy atom. The van der Waals surface area contributed by atoms with Crippen molar-refractivity contribution in [3.63, 3.8) is 0 Å². The zero-order chi connectivity index (χ0) is 16.5. The number of hydrogen-bond acceptors (Lipinski definition) is 2. The van der Waals surface area contributed by atoms with E-state index < -0.39 is 0 Å². The van der Waals surface area contributed by atoms with Crippen LogP contribution >= 0.6 is 11.6 Å². The summed E-state index contributed by atoms with van der Waals surface area (Å²) in [5.74, 6) is 0.751. The highest BCUT2D eigenvalue weighted by atomic mass is 35.5. The van der Waals surface area contributed by atoms with E-state index in [4.69, 9.17) is 16.6 Å². The fourth-order valence-corrected chi connectivity index (χ4v) is 4.03. The second-order valence-corrected chi connectivity index (χ2v) is 7.29. The number of fused-ring (bicyclic) bond motifs is 2. The minimum atomic E-state index is 0.751. The zero-order valence-electron chi connectivity index (χ0n) is 14.1. The Kier molecular flexibility index (Phi) is 4.43. The number of hydrogen-bond donors (Lipinski definition) is 1. The summed E-state index contributed by atoms with van der Waals surface area (Å²) in [4.78, 5) is 4.87. The van der Waals surface area contributed by atoms with E-state index in [-0.39, 0.29) is 0 Å². The molecule has 124 valence electrons. The molecule has 1 aliphatic rings. The maximum atomic E-state index is 6.21. The van der Waals surface area contributed by atoms with E-state index in [2.05, 4.69) is 36.5 Å². The molecule has 0 unspecified atom stereocenters. The Labute approximate surface area is 148 Å². The van der Waals surface area contributed by atoms with Gasteiger partial charge in [0.25, 0.3) is 0 Å². The first-order valence-electron chi connectivity index (χ1n) is 8.96. The molecule has 2 heterocycles. The van der Waals surface area contributed by atoms with Crippen molar-refractivity contribution in [1.82, 2.24) is 10.3 Å². The van der Waals surface area contributed by atoms with Crippen molar-refractivity contribution < 1.29 is 0 Å². The molecule has 0 radical (unpaired) electrons. The summed E-state index contributed by atoms with van der Waals surface area (Å²) in [6.07, 6.45) is 4.70. The van der Waals surface area contributed by atoms with E-state index in [0.29, 0.717) is 0 Å². The van der Waals surface area contributed by atoms with E-state index in [9.17, 15) is 0 Å². The molecule has 24 heavy (non-hydrogen) atoms. The molecular formula is C21H23ClN2. The molecule has 3 aromatic rings. The van der Waals surface area contributed by atoms with Crippen molar-refractivity contribution >= 4 is 33.4 Å². The summed E-state index contributed by atoms with van der Waals surface area (Å²) >= 11 is 6.21. The summed E-state index contributed by atoms with van der Waals surface area (Å²) in [5, 5.41) is 6.81. The van der Waals surface area contributed by atoms with Gasteiger partial charge in [0.2, 0.25) is 0 Å². The van der Waals surface area contributed by atoms with Crippen LogP contribution in [0, 0.1) is 5.92 Å². The number of piperidine rings is 1. The van der Waals surface area contributed by atoms with Gasteiger partial charge in [-0.2, -0.15) is 0 Å².